The number of pyridine rings is 1. The number of ether oxygens (including phenoxy) is 2. The number of aromatic nitrogens is 2. The predicted octanol–water partition coefficient (Wildman–Crippen LogP) is 2.85. The molecule has 0 bridgehead atoms. The number of morpholine rings is 1. The number of fused-ring (bicyclic) bond motifs is 1. The van der Waals surface area contributed by atoms with Crippen LogP contribution in [0.25, 0.3) is 5.52 Å². The minimum Gasteiger partial charge on any atom is -0.455 e. The number of nitrogen functional groups attached to an aromatic ring is 1. The Morgan fingerprint density at radius 3 is 2.79 bits per heavy atom. The van der Waals surface area contributed by atoms with Crippen molar-refractivity contribution in [2.45, 2.75) is 6.92 Å². The topological polar surface area (TPSA) is 65.0 Å². The van der Waals surface area contributed by atoms with E-state index in [1.54, 1.807) is 6.20 Å². The minimum absolute atomic E-state index is 0.741. The van der Waals surface area contributed by atoms with E-state index in [9.17, 15) is 0 Å². The van der Waals surface area contributed by atoms with Crippen LogP contribution in [0.4, 0.5) is 11.4 Å². The number of nitrogens with zero attached hydrogens (tertiary/aromatic N) is 3. The molecule has 1 aromatic carbocycles. The second kappa shape index (κ2) is 6.05. The molecule has 0 amide bonds. The molecule has 1 aliphatic rings. The second-order valence-corrected chi connectivity index (χ2v) is 5.94. The maximum absolute atomic E-state index is 6.14. The van der Waals surface area contributed by atoms with Gasteiger partial charge in [-0.05, 0) is 36.8 Å². The Balaban J connectivity index is 1.72. The van der Waals surface area contributed by atoms with E-state index in [0.29, 0.717) is 0 Å². The van der Waals surface area contributed by atoms with Gasteiger partial charge in [-0.2, -0.15) is 5.10 Å². The van der Waals surface area contributed by atoms with Crippen molar-refractivity contribution in [2.24, 2.45) is 0 Å². The maximum atomic E-state index is 6.14. The minimum atomic E-state index is 0.741. The van der Waals surface area contributed by atoms with E-state index < -0.39 is 0 Å². The number of rotatable bonds is 3. The molecular formula is C18H20N4O2. The molecule has 0 atom stereocenters. The van der Waals surface area contributed by atoms with Crippen LogP contribution in [0.5, 0.6) is 11.5 Å². The van der Waals surface area contributed by atoms with Crippen molar-refractivity contribution in [3.63, 3.8) is 0 Å². The molecule has 24 heavy (non-hydrogen) atoms. The average molecular weight is 324 g/mol. The van der Waals surface area contributed by atoms with E-state index in [2.05, 4.69) is 16.1 Å². The van der Waals surface area contributed by atoms with Crippen molar-refractivity contribution in [3.8, 4) is 11.5 Å². The van der Waals surface area contributed by atoms with Gasteiger partial charge in [0.1, 0.15) is 11.3 Å². The third kappa shape index (κ3) is 2.76. The summed E-state index contributed by atoms with van der Waals surface area (Å²) in [5.41, 5.74) is 9.67. The fraction of sp³-hybridized carbons (Fsp3) is 0.278. The summed E-state index contributed by atoms with van der Waals surface area (Å²) in [6.07, 6.45) is 3.81. The molecule has 3 heterocycles. The van der Waals surface area contributed by atoms with Crippen molar-refractivity contribution in [2.75, 3.05) is 36.9 Å². The molecular weight excluding hydrogens is 304 g/mol. The molecule has 124 valence electrons. The lowest BCUT2D eigenvalue weighted by Gasteiger charge is -2.29. The number of benzene rings is 1. The van der Waals surface area contributed by atoms with E-state index in [4.69, 9.17) is 15.2 Å². The van der Waals surface area contributed by atoms with Crippen LogP contribution in [-0.2, 0) is 4.74 Å². The molecule has 3 aromatic rings. The van der Waals surface area contributed by atoms with Crippen LogP contribution in [0.3, 0.4) is 0 Å². The Morgan fingerprint density at radius 1 is 1.17 bits per heavy atom. The highest BCUT2D eigenvalue weighted by Crippen LogP contribution is 2.32. The fourth-order valence-corrected chi connectivity index (χ4v) is 2.90. The highest BCUT2D eigenvalue weighted by atomic mass is 16.5. The standard InChI is InChI=1S/C18H20N4O2/c1-13-10-15(2-3-16(13)19)24-18-11-14(21-6-8-23-9-7-21)12-22-17(18)4-5-20-22/h2-5,10-12H,6-9,19H2,1H3. The highest BCUT2D eigenvalue weighted by Gasteiger charge is 2.15. The number of aryl methyl sites for hydroxylation is 1. The Morgan fingerprint density at radius 2 is 2.00 bits per heavy atom. The summed E-state index contributed by atoms with van der Waals surface area (Å²) in [6.45, 7) is 5.19. The number of nitrogens with two attached hydrogens (primary N) is 1. The zero-order chi connectivity index (χ0) is 16.5. The zero-order valence-electron chi connectivity index (χ0n) is 13.6. The van der Waals surface area contributed by atoms with Crippen LogP contribution in [-0.4, -0.2) is 35.9 Å². The monoisotopic (exact) mass is 324 g/mol. The molecule has 0 saturated carbocycles. The number of hydrogen-bond donors (Lipinski definition) is 1. The molecule has 6 nitrogen and oxygen atoms in total. The van der Waals surface area contributed by atoms with Gasteiger partial charge in [0.15, 0.2) is 5.75 Å². The van der Waals surface area contributed by atoms with E-state index in [1.165, 1.54) is 0 Å². The first-order valence-electron chi connectivity index (χ1n) is 8.05. The van der Waals surface area contributed by atoms with E-state index in [0.717, 1.165) is 60.3 Å². The lowest BCUT2D eigenvalue weighted by Crippen LogP contribution is -2.36. The summed E-state index contributed by atoms with van der Waals surface area (Å²) in [6, 6.07) is 9.71. The lowest BCUT2D eigenvalue weighted by atomic mass is 10.2. The third-order valence-electron chi connectivity index (χ3n) is 4.30. The van der Waals surface area contributed by atoms with Gasteiger partial charge in [0.25, 0.3) is 0 Å². The molecule has 0 aliphatic carbocycles. The molecule has 1 saturated heterocycles. The smallest absolute Gasteiger partial charge is 0.155 e. The number of hydrogen-bond acceptors (Lipinski definition) is 5. The van der Waals surface area contributed by atoms with Crippen molar-refractivity contribution in [1.82, 2.24) is 9.61 Å². The van der Waals surface area contributed by atoms with Gasteiger partial charge < -0.3 is 20.1 Å². The zero-order valence-corrected chi connectivity index (χ0v) is 13.6. The molecule has 4 rings (SSSR count). The first-order valence-corrected chi connectivity index (χ1v) is 8.05. The van der Waals surface area contributed by atoms with Gasteiger partial charge in [0.2, 0.25) is 0 Å². The summed E-state index contributed by atoms with van der Waals surface area (Å²) < 4.78 is 13.4. The highest BCUT2D eigenvalue weighted by molar-refractivity contribution is 5.66. The van der Waals surface area contributed by atoms with E-state index in [-0.39, 0.29) is 0 Å². The normalized spacial score (nSPS) is 15.0. The molecule has 0 spiro atoms. The molecule has 6 heteroatoms. The van der Waals surface area contributed by atoms with Gasteiger partial charge in [0.05, 0.1) is 31.3 Å². The van der Waals surface area contributed by atoms with E-state index in [1.807, 2.05) is 41.9 Å². The van der Waals surface area contributed by atoms with Crippen LogP contribution in [0, 0.1) is 6.92 Å². The summed E-state index contributed by atoms with van der Waals surface area (Å²) in [5.74, 6) is 1.55. The van der Waals surface area contributed by atoms with Gasteiger partial charge >= 0.3 is 0 Å². The lowest BCUT2D eigenvalue weighted by molar-refractivity contribution is 0.122. The largest absolute Gasteiger partial charge is 0.455 e. The molecule has 0 unspecified atom stereocenters. The first-order chi connectivity index (χ1) is 11.7. The molecule has 1 aliphatic heterocycles. The first kappa shape index (κ1) is 14.8. The summed E-state index contributed by atoms with van der Waals surface area (Å²) >= 11 is 0. The molecule has 0 radical (unpaired) electrons. The van der Waals surface area contributed by atoms with Crippen LogP contribution >= 0.6 is 0 Å². The van der Waals surface area contributed by atoms with Crippen molar-refractivity contribution in [3.05, 3.63) is 48.3 Å². The second-order valence-electron chi connectivity index (χ2n) is 5.94. The molecule has 2 aromatic heterocycles. The quantitative estimate of drug-likeness (QED) is 0.751. The van der Waals surface area contributed by atoms with E-state index >= 15 is 0 Å². The molecule has 2 N–H and O–H groups in total. The van der Waals surface area contributed by atoms with Crippen LogP contribution in [0.1, 0.15) is 5.56 Å². The summed E-state index contributed by atoms with van der Waals surface area (Å²) in [7, 11) is 0. The van der Waals surface area contributed by atoms with Gasteiger partial charge in [0, 0.05) is 24.8 Å². The fourth-order valence-electron chi connectivity index (χ4n) is 2.90. The van der Waals surface area contributed by atoms with Gasteiger partial charge in [-0.25, -0.2) is 4.52 Å². The Hall–Kier alpha value is -2.73. The molecule has 1 fully saturated rings. The van der Waals surface area contributed by atoms with Crippen molar-refractivity contribution < 1.29 is 9.47 Å². The van der Waals surface area contributed by atoms with Gasteiger partial charge in [-0.15, -0.1) is 0 Å². The average Bonchev–Trinajstić information content (AvgIpc) is 3.08. The van der Waals surface area contributed by atoms with Gasteiger partial charge in [-0.3, -0.25) is 0 Å². The maximum Gasteiger partial charge on any atom is 0.155 e. The third-order valence-corrected chi connectivity index (χ3v) is 4.30. The van der Waals surface area contributed by atoms with Crippen LogP contribution < -0.4 is 15.4 Å². The van der Waals surface area contributed by atoms with Crippen molar-refractivity contribution in [1.29, 1.82) is 0 Å². The predicted molar refractivity (Wildman–Crippen MR) is 93.9 cm³/mol. The summed E-state index contributed by atoms with van der Waals surface area (Å²) in [5, 5.41) is 4.37. The van der Waals surface area contributed by atoms with Crippen molar-refractivity contribution >= 4 is 16.9 Å². The van der Waals surface area contributed by atoms with Gasteiger partial charge in [-0.1, -0.05) is 0 Å². The summed E-state index contributed by atoms with van der Waals surface area (Å²) in [4.78, 5) is 2.28. The SMILES string of the molecule is Cc1cc(Oc2cc(N3CCOCC3)cn3nccc23)ccc1N. The Kier molecular flexibility index (Phi) is 3.74. The number of anilines is 2. The van der Waals surface area contributed by atoms with Crippen LogP contribution in [0.15, 0.2) is 42.7 Å². The Bertz CT molecular complexity index is 869. The Labute approximate surface area is 140 Å². The van der Waals surface area contributed by atoms with Crippen LogP contribution in [0.2, 0.25) is 0 Å².